The number of hydrogen-bond donors (Lipinski definition) is 3. The van der Waals surface area contributed by atoms with E-state index in [4.69, 9.17) is 4.42 Å². The normalized spacial score (nSPS) is 10.9. The molecule has 0 fully saturated rings. The van der Waals surface area contributed by atoms with E-state index in [9.17, 15) is 13.2 Å². The molecular formula is C19H20F3N5O. The molecule has 0 spiro atoms. The number of benzene rings is 2. The van der Waals surface area contributed by atoms with E-state index in [1.165, 1.54) is 18.2 Å². The SMILES string of the molecule is CCNCCNc1nnc(-c2ccc(F)c(F)c2Nc2ccc(C)cc2F)o1. The van der Waals surface area contributed by atoms with Gasteiger partial charge in [-0.25, -0.2) is 13.2 Å². The minimum Gasteiger partial charge on any atom is -0.403 e. The van der Waals surface area contributed by atoms with Gasteiger partial charge in [-0.1, -0.05) is 18.1 Å². The van der Waals surface area contributed by atoms with Crippen molar-refractivity contribution < 1.29 is 17.6 Å². The first-order valence-corrected chi connectivity index (χ1v) is 8.79. The van der Waals surface area contributed by atoms with E-state index in [1.807, 2.05) is 6.92 Å². The van der Waals surface area contributed by atoms with Gasteiger partial charge in [0, 0.05) is 13.1 Å². The van der Waals surface area contributed by atoms with Crippen LogP contribution in [0.25, 0.3) is 11.5 Å². The first kappa shape index (κ1) is 19.7. The lowest BCUT2D eigenvalue weighted by atomic mass is 10.1. The lowest BCUT2D eigenvalue weighted by molar-refractivity contribution is 0.511. The summed E-state index contributed by atoms with van der Waals surface area (Å²) in [5, 5.41) is 16.4. The zero-order valence-corrected chi connectivity index (χ0v) is 15.4. The summed E-state index contributed by atoms with van der Waals surface area (Å²) >= 11 is 0. The third kappa shape index (κ3) is 4.42. The first-order valence-electron chi connectivity index (χ1n) is 8.79. The highest BCUT2D eigenvalue weighted by Gasteiger charge is 2.20. The summed E-state index contributed by atoms with van der Waals surface area (Å²) in [4.78, 5) is 0. The van der Waals surface area contributed by atoms with E-state index in [2.05, 4.69) is 26.1 Å². The Hall–Kier alpha value is -3.07. The van der Waals surface area contributed by atoms with E-state index in [-0.39, 0.29) is 28.8 Å². The minimum absolute atomic E-state index is 0.000135. The number of nitrogens with zero attached hydrogens (tertiary/aromatic N) is 2. The predicted molar refractivity (Wildman–Crippen MR) is 101 cm³/mol. The number of anilines is 3. The summed E-state index contributed by atoms with van der Waals surface area (Å²) in [7, 11) is 0. The largest absolute Gasteiger partial charge is 0.403 e. The topological polar surface area (TPSA) is 75.0 Å². The fourth-order valence-electron chi connectivity index (χ4n) is 2.55. The number of halogens is 3. The second-order valence-electron chi connectivity index (χ2n) is 6.08. The third-order valence-corrected chi connectivity index (χ3v) is 3.96. The second-order valence-corrected chi connectivity index (χ2v) is 6.08. The lowest BCUT2D eigenvalue weighted by Crippen LogP contribution is -2.21. The fourth-order valence-corrected chi connectivity index (χ4v) is 2.55. The average Bonchev–Trinajstić information content (AvgIpc) is 3.13. The molecule has 1 aromatic heterocycles. The van der Waals surface area contributed by atoms with E-state index < -0.39 is 17.5 Å². The molecule has 6 nitrogen and oxygen atoms in total. The Morgan fingerprint density at radius 2 is 1.82 bits per heavy atom. The van der Waals surface area contributed by atoms with Crippen LogP contribution >= 0.6 is 0 Å². The summed E-state index contributed by atoms with van der Waals surface area (Å²) < 4.78 is 47.9. The Bertz CT molecular complexity index is 961. The number of likely N-dealkylation sites (N-methyl/N-ethyl adjacent to an activating group) is 1. The van der Waals surface area contributed by atoms with Gasteiger partial charge in [-0.15, -0.1) is 5.10 Å². The van der Waals surface area contributed by atoms with Crippen LogP contribution < -0.4 is 16.0 Å². The molecule has 3 rings (SSSR count). The van der Waals surface area contributed by atoms with Gasteiger partial charge in [-0.05, 0) is 43.3 Å². The molecule has 0 aliphatic carbocycles. The van der Waals surface area contributed by atoms with Crippen molar-refractivity contribution in [1.82, 2.24) is 15.5 Å². The van der Waals surface area contributed by atoms with E-state index >= 15 is 0 Å². The van der Waals surface area contributed by atoms with Crippen molar-refractivity contribution >= 4 is 17.4 Å². The fraction of sp³-hybridized carbons (Fsp3) is 0.263. The molecule has 0 aliphatic heterocycles. The Labute approximate surface area is 160 Å². The van der Waals surface area contributed by atoms with Crippen LogP contribution in [0.1, 0.15) is 12.5 Å². The van der Waals surface area contributed by atoms with Crippen LogP contribution in [-0.4, -0.2) is 29.8 Å². The van der Waals surface area contributed by atoms with Gasteiger partial charge in [0.2, 0.25) is 0 Å². The smallest absolute Gasteiger partial charge is 0.315 e. The maximum Gasteiger partial charge on any atom is 0.315 e. The first-order chi connectivity index (χ1) is 13.5. The highest BCUT2D eigenvalue weighted by molar-refractivity contribution is 5.78. The summed E-state index contributed by atoms with van der Waals surface area (Å²) in [5.41, 5.74) is 0.532. The molecular weight excluding hydrogens is 371 g/mol. The lowest BCUT2D eigenvalue weighted by Gasteiger charge is -2.12. The van der Waals surface area contributed by atoms with Crippen LogP contribution in [0.15, 0.2) is 34.7 Å². The van der Waals surface area contributed by atoms with Crippen LogP contribution in [0.5, 0.6) is 0 Å². The molecule has 3 N–H and O–H groups in total. The highest BCUT2D eigenvalue weighted by Crippen LogP contribution is 2.34. The van der Waals surface area contributed by atoms with Gasteiger partial charge >= 0.3 is 6.01 Å². The Kier molecular flexibility index (Phi) is 6.15. The van der Waals surface area contributed by atoms with Crippen LogP contribution in [0.4, 0.5) is 30.6 Å². The van der Waals surface area contributed by atoms with Crippen molar-refractivity contribution in [2.75, 3.05) is 30.3 Å². The van der Waals surface area contributed by atoms with Crippen molar-refractivity contribution in [2.24, 2.45) is 0 Å². The predicted octanol–water partition coefficient (Wildman–Crippen LogP) is 4.23. The van der Waals surface area contributed by atoms with Gasteiger partial charge in [-0.3, -0.25) is 0 Å². The molecule has 148 valence electrons. The molecule has 0 amide bonds. The molecule has 0 saturated carbocycles. The second kappa shape index (κ2) is 8.75. The molecule has 9 heteroatoms. The number of rotatable bonds is 8. The molecule has 0 aliphatic rings. The zero-order valence-electron chi connectivity index (χ0n) is 15.4. The maximum atomic E-state index is 14.5. The van der Waals surface area contributed by atoms with Gasteiger partial charge in [-0.2, -0.15) is 0 Å². The molecule has 28 heavy (non-hydrogen) atoms. The molecule has 0 saturated heterocycles. The number of hydrogen-bond acceptors (Lipinski definition) is 6. The van der Waals surface area contributed by atoms with E-state index in [1.54, 1.807) is 13.0 Å². The molecule has 3 aromatic rings. The maximum absolute atomic E-state index is 14.5. The molecule has 0 radical (unpaired) electrons. The summed E-state index contributed by atoms with van der Waals surface area (Å²) in [6, 6.07) is 6.78. The monoisotopic (exact) mass is 391 g/mol. The molecule has 0 atom stereocenters. The highest BCUT2D eigenvalue weighted by atomic mass is 19.2. The van der Waals surface area contributed by atoms with Gasteiger partial charge in [0.05, 0.1) is 16.9 Å². The van der Waals surface area contributed by atoms with Crippen LogP contribution in [0.2, 0.25) is 0 Å². The molecule has 2 aromatic carbocycles. The number of aryl methyl sites for hydroxylation is 1. The van der Waals surface area contributed by atoms with Gasteiger partial charge in [0.1, 0.15) is 5.82 Å². The van der Waals surface area contributed by atoms with Crippen LogP contribution in [-0.2, 0) is 0 Å². The summed E-state index contributed by atoms with van der Waals surface area (Å²) in [6.45, 7) is 5.78. The van der Waals surface area contributed by atoms with Crippen LogP contribution in [0, 0.1) is 24.4 Å². The van der Waals surface area contributed by atoms with Crippen molar-refractivity contribution in [1.29, 1.82) is 0 Å². The Balaban J connectivity index is 1.90. The van der Waals surface area contributed by atoms with Gasteiger partial charge in [0.15, 0.2) is 11.6 Å². The van der Waals surface area contributed by atoms with E-state index in [0.29, 0.717) is 18.7 Å². The van der Waals surface area contributed by atoms with Crippen LogP contribution in [0.3, 0.4) is 0 Å². The number of aromatic nitrogens is 2. The van der Waals surface area contributed by atoms with Crippen molar-refractivity contribution in [3.63, 3.8) is 0 Å². The average molecular weight is 391 g/mol. The number of nitrogens with one attached hydrogen (secondary N) is 3. The Morgan fingerprint density at radius 3 is 2.57 bits per heavy atom. The van der Waals surface area contributed by atoms with E-state index in [0.717, 1.165) is 12.6 Å². The standard InChI is InChI=1S/C19H20F3N5O/c1-3-23-8-9-24-19-27-26-18(28-19)12-5-6-13(20)16(22)17(12)25-15-7-4-11(2)10-14(15)21/h4-7,10,23,25H,3,8-9H2,1-2H3,(H,24,27). The molecule has 0 bridgehead atoms. The summed E-state index contributed by atoms with van der Waals surface area (Å²) in [6.07, 6.45) is 0. The van der Waals surface area contributed by atoms with Crippen molar-refractivity contribution in [3.05, 3.63) is 53.3 Å². The molecule has 1 heterocycles. The third-order valence-electron chi connectivity index (χ3n) is 3.96. The summed E-state index contributed by atoms with van der Waals surface area (Å²) in [5.74, 6) is -2.87. The zero-order chi connectivity index (χ0) is 20.1. The van der Waals surface area contributed by atoms with Gasteiger partial charge in [0.25, 0.3) is 5.89 Å². The van der Waals surface area contributed by atoms with Gasteiger partial charge < -0.3 is 20.4 Å². The minimum atomic E-state index is -1.17. The van der Waals surface area contributed by atoms with Crippen molar-refractivity contribution in [2.45, 2.75) is 13.8 Å². The van der Waals surface area contributed by atoms with Crippen molar-refractivity contribution in [3.8, 4) is 11.5 Å². The Morgan fingerprint density at radius 1 is 1.00 bits per heavy atom. The quantitative estimate of drug-likeness (QED) is 0.499. The molecule has 0 unspecified atom stereocenters.